The molecule has 2 heterocycles. The molecule has 2 amide bonds. The Labute approximate surface area is 160 Å². The molecular formula is C19H29ClN2O4. The molecule has 146 valence electrons. The molecule has 1 aliphatic rings. The van der Waals surface area contributed by atoms with Crippen LogP contribution in [0, 0.1) is 5.92 Å². The molecule has 2 atom stereocenters. The summed E-state index contributed by atoms with van der Waals surface area (Å²) in [5.74, 6) is 0.620. The molecule has 0 spiro atoms. The van der Waals surface area contributed by atoms with Crippen molar-refractivity contribution in [3.05, 3.63) is 24.2 Å². The molecule has 1 aromatic rings. The van der Waals surface area contributed by atoms with Gasteiger partial charge in [-0.15, -0.1) is 11.6 Å². The maximum atomic E-state index is 13.0. The van der Waals surface area contributed by atoms with Crippen LogP contribution in [0.3, 0.4) is 0 Å². The summed E-state index contributed by atoms with van der Waals surface area (Å²) in [4.78, 5) is 28.6. The van der Waals surface area contributed by atoms with Crippen LogP contribution < -0.4 is 0 Å². The van der Waals surface area contributed by atoms with Crippen LogP contribution >= 0.6 is 11.6 Å². The summed E-state index contributed by atoms with van der Waals surface area (Å²) in [6.07, 6.45) is 3.58. The molecule has 2 rings (SSSR count). The second-order valence-corrected chi connectivity index (χ2v) is 7.87. The molecule has 1 aromatic heterocycles. The van der Waals surface area contributed by atoms with E-state index in [4.69, 9.17) is 20.8 Å². The van der Waals surface area contributed by atoms with Crippen molar-refractivity contribution >= 4 is 23.4 Å². The number of carbonyl (C=O) groups is 2. The first-order valence-corrected chi connectivity index (χ1v) is 9.65. The number of nitrogens with zero attached hydrogens (tertiary/aromatic N) is 2. The van der Waals surface area contributed by atoms with Crippen LogP contribution in [0.2, 0.25) is 0 Å². The molecule has 7 heteroatoms. The van der Waals surface area contributed by atoms with Gasteiger partial charge < -0.3 is 19.0 Å². The lowest BCUT2D eigenvalue weighted by molar-refractivity contribution is -0.142. The van der Waals surface area contributed by atoms with Gasteiger partial charge in [0, 0.05) is 19.7 Å². The van der Waals surface area contributed by atoms with E-state index in [1.54, 1.807) is 29.1 Å². The second-order valence-electron chi connectivity index (χ2n) is 7.22. The van der Waals surface area contributed by atoms with Gasteiger partial charge in [-0.05, 0) is 37.8 Å². The molecule has 0 aromatic carbocycles. The van der Waals surface area contributed by atoms with Crippen LogP contribution in [-0.2, 0) is 20.9 Å². The van der Waals surface area contributed by atoms with Crippen molar-refractivity contribution in [2.75, 3.05) is 26.2 Å². The average molecular weight is 385 g/mol. The maximum Gasteiger partial charge on any atom is 0.242 e. The zero-order valence-corrected chi connectivity index (χ0v) is 16.6. The lowest BCUT2D eigenvalue weighted by Gasteiger charge is -2.30. The van der Waals surface area contributed by atoms with Crippen molar-refractivity contribution < 1.29 is 18.7 Å². The lowest BCUT2D eigenvalue weighted by atomic mass is 10.2. The van der Waals surface area contributed by atoms with Crippen LogP contribution in [0.4, 0.5) is 0 Å². The third-order valence-corrected chi connectivity index (χ3v) is 4.48. The highest BCUT2D eigenvalue weighted by Gasteiger charge is 2.27. The standard InChI is InChI=1S/C19H29ClN2O4/c1-14(2)10-22(19(24)15(3)20)13-18(23)21(11-16-6-4-8-25-16)12-17-7-5-9-26-17/h4,6,8,14-15,17H,5,7,9-13H2,1-3H3/t15-,17-/m1/s1. The highest BCUT2D eigenvalue weighted by atomic mass is 35.5. The highest BCUT2D eigenvalue weighted by molar-refractivity contribution is 6.30. The maximum absolute atomic E-state index is 13.0. The second kappa shape index (κ2) is 9.97. The summed E-state index contributed by atoms with van der Waals surface area (Å²) in [6, 6.07) is 3.64. The first kappa shape index (κ1) is 20.8. The molecule has 0 saturated carbocycles. The van der Waals surface area contributed by atoms with Crippen molar-refractivity contribution in [2.45, 2.75) is 51.6 Å². The Kier molecular flexibility index (Phi) is 7.97. The number of amides is 2. The third-order valence-electron chi connectivity index (χ3n) is 4.29. The first-order valence-electron chi connectivity index (χ1n) is 9.21. The molecule has 26 heavy (non-hydrogen) atoms. The van der Waals surface area contributed by atoms with E-state index in [1.807, 2.05) is 19.9 Å². The Morgan fingerprint density at radius 3 is 2.62 bits per heavy atom. The summed E-state index contributed by atoms with van der Waals surface area (Å²) < 4.78 is 11.1. The van der Waals surface area contributed by atoms with Gasteiger partial charge in [0.05, 0.1) is 25.5 Å². The highest BCUT2D eigenvalue weighted by Crippen LogP contribution is 2.16. The molecule has 0 bridgehead atoms. The van der Waals surface area contributed by atoms with Gasteiger partial charge in [0.1, 0.15) is 11.1 Å². The van der Waals surface area contributed by atoms with Crippen molar-refractivity contribution in [2.24, 2.45) is 5.92 Å². The van der Waals surface area contributed by atoms with Gasteiger partial charge in [0.25, 0.3) is 0 Å². The monoisotopic (exact) mass is 384 g/mol. The van der Waals surface area contributed by atoms with Crippen molar-refractivity contribution in [1.29, 1.82) is 0 Å². The van der Waals surface area contributed by atoms with Crippen LogP contribution in [0.5, 0.6) is 0 Å². The number of hydrogen-bond donors (Lipinski definition) is 0. The van der Waals surface area contributed by atoms with E-state index in [-0.39, 0.29) is 30.4 Å². The van der Waals surface area contributed by atoms with Crippen LogP contribution in [0.25, 0.3) is 0 Å². The van der Waals surface area contributed by atoms with E-state index < -0.39 is 5.38 Å². The zero-order chi connectivity index (χ0) is 19.1. The van der Waals surface area contributed by atoms with Gasteiger partial charge in [-0.2, -0.15) is 0 Å². The minimum absolute atomic E-state index is 0.0154. The van der Waals surface area contributed by atoms with Crippen LogP contribution in [0.15, 0.2) is 22.8 Å². The Morgan fingerprint density at radius 1 is 1.31 bits per heavy atom. The summed E-state index contributed by atoms with van der Waals surface area (Å²) in [5, 5.41) is -0.654. The summed E-state index contributed by atoms with van der Waals surface area (Å²) in [7, 11) is 0. The first-order chi connectivity index (χ1) is 12.4. The Bertz CT molecular complexity index is 568. The van der Waals surface area contributed by atoms with Gasteiger partial charge in [0.2, 0.25) is 11.8 Å². The summed E-state index contributed by atoms with van der Waals surface area (Å²) in [6.45, 7) is 7.76. The van der Waals surface area contributed by atoms with Gasteiger partial charge in [0.15, 0.2) is 0 Å². The van der Waals surface area contributed by atoms with E-state index in [0.717, 1.165) is 19.4 Å². The molecule has 0 radical (unpaired) electrons. The predicted molar refractivity (Wildman–Crippen MR) is 99.8 cm³/mol. The molecule has 0 unspecified atom stereocenters. The van der Waals surface area contributed by atoms with Crippen molar-refractivity contribution in [3.8, 4) is 0 Å². The van der Waals surface area contributed by atoms with Crippen molar-refractivity contribution in [3.63, 3.8) is 0 Å². The van der Waals surface area contributed by atoms with Gasteiger partial charge in [-0.1, -0.05) is 13.8 Å². The predicted octanol–water partition coefficient (Wildman–Crippen LogP) is 2.90. The molecule has 1 fully saturated rings. The fourth-order valence-corrected chi connectivity index (χ4v) is 3.21. The molecule has 1 aliphatic heterocycles. The molecule has 1 saturated heterocycles. The third kappa shape index (κ3) is 6.32. The number of alkyl halides is 1. The summed E-state index contributed by atoms with van der Waals surface area (Å²) in [5.41, 5.74) is 0. The van der Waals surface area contributed by atoms with E-state index in [2.05, 4.69) is 0 Å². The minimum atomic E-state index is -0.654. The molecule has 0 N–H and O–H groups in total. The number of carbonyl (C=O) groups excluding carboxylic acids is 2. The lowest BCUT2D eigenvalue weighted by Crippen LogP contribution is -2.47. The van der Waals surface area contributed by atoms with E-state index in [9.17, 15) is 9.59 Å². The summed E-state index contributed by atoms with van der Waals surface area (Å²) >= 11 is 5.97. The van der Waals surface area contributed by atoms with E-state index >= 15 is 0 Å². The Morgan fingerprint density at radius 2 is 2.08 bits per heavy atom. The smallest absolute Gasteiger partial charge is 0.242 e. The van der Waals surface area contributed by atoms with Crippen LogP contribution in [0.1, 0.15) is 39.4 Å². The number of rotatable bonds is 9. The Hall–Kier alpha value is -1.53. The topological polar surface area (TPSA) is 63.0 Å². The van der Waals surface area contributed by atoms with Gasteiger partial charge >= 0.3 is 0 Å². The molecule has 0 aliphatic carbocycles. The minimum Gasteiger partial charge on any atom is -0.467 e. The number of furan rings is 1. The van der Waals surface area contributed by atoms with Crippen LogP contribution in [-0.4, -0.2) is 59.3 Å². The fraction of sp³-hybridized carbons (Fsp3) is 0.684. The number of ether oxygens (including phenoxy) is 1. The van der Waals surface area contributed by atoms with E-state index in [0.29, 0.717) is 25.4 Å². The average Bonchev–Trinajstić information content (AvgIpc) is 3.26. The largest absolute Gasteiger partial charge is 0.467 e. The van der Waals surface area contributed by atoms with E-state index in [1.165, 1.54) is 0 Å². The zero-order valence-electron chi connectivity index (χ0n) is 15.8. The SMILES string of the molecule is CC(C)CN(CC(=O)N(Cc1ccco1)C[C@H]1CCCO1)C(=O)[C@@H](C)Cl. The van der Waals surface area contributed by atoms with Gasteiger partial charge in [-0.3, -0.25) is 9.59 Å². The number of halogens is 1. The normalized spacial score (nSPS) is 18.1. The van der Waals surface area contributed by atoms with Gasteiger partial charge in [-0.25, -0.2) is 0 Å². The van der Waals surface area contributed by atoms with Crippen molar-refractivity contribution in [1.82, 2.24) is 9.80 Å². The Balaban J connectivity index is 2.07. The quantitative estimate of drug-likeness (QED) is 0.614. The fourth-order valence-electron chi connectivity index (χ4n) is 3.07. The molecule has 6 nitrogen and oxygen atoms in total. The number of hydrogen-bond acceptors (Lipinski definition) is 4. The molecular weight excluding hydrogens is 356 g/mol.